The Hall–Kier alpha value is -4.23. The van der Waals surface area contributed by atoms with Gasteiger partial charge >= 0.3 is 0 Å². The molecule has 1 aliphatic rings. The van der Waals surface area contributed by atoms with Crippen LogP contribution in [0, 0.1) is 0 Å². The molecule has 0 saturated heterocycles. The molecule has 5 rings (SSSR count). The summed E-state index contributed by atoms with van der Waals surface area (Å²) < 4.78 is 0. The maximum atomic E-state index is 13.0. The number of rotatable bonds is 3. The fourth-order valence-corrected chi connectivity index (χ4v) is 4.05. The number of amides is 3. The number of benzene rings is 3. The molecule has 3 amide bonds. The quantitative estimate of drug-likeness (QED) is 0.329. The highest BCUT2D eigenvalue weighted by atomic mass is 35.5. The number of halogens is 1. The van der Waals surface area contributed by atoms with Gasteiger partial charge in [0.25, 0.3) is 5.91 Å². The first-order chi connectivity index (χ1) is 16.0. The van der Waals surface area contributed by atoms with Crippen molar-refractivity contribution in [1.29, 1.82) is 0 Å². The monoisotopic (exact) mass is 456 g/mol. The van der Waals surface area contributed by atoms with E-state index in [0.29, 0.717) is 22.7 Å². The van der Waals surface area contributed by atoms with Crippen molar-refractivity contribution in [3.63, 3.8) is 0 Å². The average molecular weight is 457 g/mol. The van der Waals surface area contributed by atoms with Crippen LogP contribution in [0.3, 0.4) is 0 Å². The first kappa shape index (κ1) is 20.7. The average Bonchev–Trinajstić information content (AvgIpc) is 2.94. The summed E-state index contributed by atoms with van der Waals surface area (Å²) in [7, 11) is 0. The lowest BCUT2D eigenvalue weighted by molar-refractivity contribution is -0.124. The Morgan fingerprint density at radius 1 is 0.970 bits per heavy atom. The van der Waals surface area contributed by atoms with E-state index >= 15 is 0 Å². The second-order valence-corrected chi connectivity index (χ2v) is 7.84. The predicted octanol–water partition coefficient (Wildman–Crippen LogP) is 5.15. The second kappa shape index (κ2) is 8.37. The van der Waals surface area contributed by atoms with E-state index in [0.717, 1.165) is 10.8 Å². The van der Waals surface area contributed by atoms with Crippen LogP contribution < -0.4 is 15.5 Å². The lowest BCUT2D eigenvalue weighted by atomic mass is 10.1. The molecule has 2 heterocycles. The Labute approximate surface area is 194 Å². The van der Waals surface area contributed by atoms with E-state index in [-0.39, 0.29) is 29.0 Å². The van der Waals surface area contributed by atoms with Gasteiger partial charge in [0.15, 0.2) is 0 Å². The number of aromatic nitrogens is 1. The minimum atomic E-state index is -0.390. The summed E-state index contributed by atoms with van der Waals surface area (Å²) in [5.41, 5.74) is 2.54. The standard InChI is InChI=1S/C25H17ClN4O3/c26-24-19(6-3-13-27-24)25(33)28-16-8-10-17(11-9-16)30-20-12-7-15-4-1-2-5-18(15)23(20)29-21(31)14-22(30)32/h1-13H,14H2,(H,28,33)(H,29,31). The summed E-state index contributed by atoms with van der Waals surface area (Å²) in [6.45, 7) is 0. The van der Waals surface area contributed by atoms with Crippen LogP contribution in [0.5, 0.6) is 0 Å². The van der Waals surface area contributed by atoms with Gasteiger partial charge < -0.3 is 10.6 Å². The van der Waals surface area contributed by atoms with Gasteiger partial charge in [0.05, 0.1) is 16.9 Å². The molecule has 0 bridgehead atoms. The smallest absolute Gasteiger partial charge is 0.258 e. The summed E-state index contributed by atoms with van der Waals surface area (Å²) in [5, 5.41) is 7.57. The molecule has 0 fully saturated rings. The minimum Gasteiger partial charge on any atom is -0.323 e. The van der Waals surface area contributed by atoms with E-state index in [2.05, 4.69) is 15.6 Å². The number of carbonyl (C=O) groups is 3. The van der Waals surface area contributed by atoms with Crippen LogP contribution in [0.2, 0.25) is 5.15 Å². The molecule has 0 saturated carbocycles. The van der Waals surface area contributed by atoms with Gasteiger partial charge in [-0.3, -0.25) is 19.3 Å². The molecular weight excluding hydrogens is 440 g/mol. The van der Waals surface area contributed by atoms with Gasteiger partial charge in [0.1, 0.15) is 11.6 Å². The Bertz CT molecular complexity index is 1420. The van der Waals surface area contributed by atoms with Crippen molar-refractivity contribution in [2.45, 2.75) is 6.42 Å². The zero-order chi connectivity index (χ0) is 22.9. The third-order valence-corrected chi connectivity index (χ3v) is 5.66. The van der Waals surface area contributed by atoms with Crippen LogP contribution >= 0.6 is 11.6 Å². The van der Waals surface area contributed by atoms with Crippen LogP contribution in [0.15, 0.2) is 79.0 Å². The van der Waals surface area contributed by atoms with Crippen molar-refractivity contribution in [2.75, 3.05) is 15.5 Å². The number of fused-ring (bicyclic) bond motifs is 3. The molecule has 4 aromatic rings. The molecule has 2 N–H and O–H groups in total. The first-order valence-electron chi connectivity index (χ1n) is 10.2. The van der Waals surface area contributed by atoms with Gasteiger partial charge in [-0.25, -0.2) is 4.98 Å². The summed E-state index contributed by atoms with van der Waals surface area (Å²) in [6, 6.07) is 21.4. The normalized spacial score (nSPS) is 13.3. The molecule has 33 heavy (non-hydrogen) atoms. The Morgan fingerprint density at radius 2 is 1.76 bits per heavy atom. The molecule has 0 atom stereocenters. The van der Waals surface area contributed by atoms with E-state index in [1.165, 1.54) is 11.1 Å². The Balaban J connectivity index is 1.50. The molecular formula is C25H17ClN4O3. The van der Waals surface area contributed by atoms with Crippen LogP contribution in [0.1, 0.15) is 16.8 Å². The fourth-order valence-electron chi connectivity index (χ4n) is 3.84. The number of carbonyl (C=O) groups excluding carboxylic acids is 3. The summed E-state index contributed by atoms with van der Waals surface area (Å²) >= 11 is 6.00. The molecule has 1 aromatic heterocycles. The van der Waals surface area contributed by atoms with Gasteiger partial charge in [-0.15, -0.1) is 0 Å². The zero-order valence-electron chi connectivity index (χ0n) is 17.2. The van der Waals surface area contributed by atoms with E-state index in [1.807, 2.05) is 36.4 Å². The summed E-state index contributed by atoms with van der Waals surface area (Å²) in [5.74, 6) is -1.10. The van der Waals surface area contributed by atoms with Crippen LogP contribution in [-0.4, -0.2) is 22.7 Å². The lowest BCUT2D eigenvalue weighted by Crippen LogP contribution is -2.26. The zero-order valence-corrected chi connectivity index (χ0v) is 18.0. The van der Waals surface area contributed by atoms with Gasteiger partial charge in [-0.1, -0.05) is 41.9 Å². The summed E-state index contributed by atoms with van der Waals surface area (Å²) in [6.07, 6.45) is 1.23. The van der Waals surface area contributed by atoms with Crippen molar-refractivity contribution < 1.29 is 14.4 Å². The molecule has 162 valence electrons. The number of nitrogens with one attached hydrogen (secondary N) is 2. The van der Waals surface area contributed by atoms with Crippen molar-refractivity contribution in [2.24, 2.45) is 0 Å². The number of hydrogen-bond donors (Lipinski definition) is 2. The number of nitrogens with zero attached hydrogens (tertiary/aromatic N) is 2. The van der Waals surface area contributed by atoms with Gasteiger partial charge in [-0.2, -0.15) is 0 Å². The maximum Gasteiger partial charge on any atom is 0.258 e. The van der Waals surface area contributed by atoms with Crippen molar-refractivity contribution in [3.8, 4) is 0 Å². The molecule has 0 spiro atoms. The molecule has 3 aromatic carbocycles. The molecule has 0 unspecified atom stereocenters. The Morgan fingerprint density at radius 3 is 2.55 bits per heavy atom. The van der Waals surface area contributed by atoms with Gasteiger partial charge in [0, 0.05) is 23.0 Å². The molecule has 7 nitrogen and oxygen atoms in total. The van der Waals surface area contributed by atoms with Crippen molar-refractivity contribution in [1.82, 2.24) is 4.98 Å². The van der Waals surface area contributed by atoms with E-state index in [9.17, 15) is 14.4 Å². The highest BCUT2D eigenvalue weighted by Gasteiger charge is 2.28. The largest absolute Gasteiger partial charge is 0.323 e. The van der Waals surface area contributed by atoms with Crippen LogP contribution in [0.25, 0.3) is 10.8 Å². The van der Waals surface area contributed by atoms with Crippen molar-refractivity contribution in [3.05, 3.63) is 89.7 Å². The SMILES string of the molecule is O=C1CC(=O)N(c2ccc(NC(=O)c3cccnc3Cl)cc2)c2ccc3ccccc3c2N1. The molecule has 1 aliphatic heterocycles. The number of anilines is 4. The van der Waals surface area contributed by atoms with Gasteiger partial charge in [-0.05, 0) is 47.9 Å². The lowest BCUT2D eigenvalue weighted by Gasteiger charge is -2.23. The highest BCUT2D eigenvalue weighted by Crippen LogP contribution is 2.40. The van der Waals surface area contributed by atoms with Crippen LogP contribution in [-0.2, 0) is 9.59 Å². The van der Waals surface area contributed by atoms with Gasteiger partial charge in [0.2, 0.25) is 11.8 Å². The topological polar surface area (TPSA) is 91.4 Å². The molecule has 8 heteroatoms. The number of hydrogen-bond acceptors (Lipinski definition) is 4. The first-order valence-corrected chi connectivity index (χ1v) is 10.6. The second-order valence-electron chi connectivity index (χ2n) is 7.48. The third kappa shape index (κ3) is 3.90. The maximum absolute atomic E-state index is 13.0. The van der Waals surface area contributed by atoms with Crippen LogP contribution in [0.4, 0.5) is 22.7 Å². The van der Waals surface area contributed by atoms with E-state index < -0.39 is 5.91 Å². The molecule has 0 radical (unpaired) electrons. The fraction of sp³-hybridized carbons (Fsp3) is 0.0400. The van der Waals surface area contributed by atoms with E-state index in [1.54, 1.807) is 36.4 Å². The predicted molar refractivity (Wildman–Crippen MR) is 128 cm³/mol. The molecule has 0 aliphatic carbocycles. The van der Waals surface area contributed by atoms with Crippen molar-refractivity contribution >= 4 is 62.8 Å². The highest BCUT2D eigenvalue weighted by molar-refractivity contribution is 6.33. The minimum absolute atomic E-state index is 0.114. The Kier molecular flexibility index (Phi) is 5.24. The number of pyridine rings is 1. The summed E-state index contributed by atoms with van der Waals surface area (Å²) in [4.78, 5) is 43.3. The van der Waals surface area contributed by atoms with E-state index in [4.69, 9.17) is 11.6 Å². The third-order valence-electron chi connectivity index (χ3n) is 5.36.